The van der Waals surface area contributed by atoms with Crippen LogP contribution in [0, 0.1) is 0 Å². The highest BCUT2D eigenvalue weighted by atomic mass is 16.5. The van der Waals surface area contributed by atoms with Crippen LogP contribution in [-0.4, -0.2) is 70.9 Å². The van der Waals surface area contributed by atoms with Crippen molar-refractivity contribution in [3.63, 3.8) is 0 Å². The lowest BCUT2D eigenvalue weighted by Crippen LogP contribution is -2.69. The number of nitrogens with zero attached hydrogens (tertiary/aromatic N) is 4. The zero-order valence-electron chi connectivity index (χ0n) is 18.4. The molecule has 0 bridgehead atoms. The van der Waals surface area contributed by atoms with Gasteiger partial charge in [-0.1, -0.05) is 18.2 Å². The quantitative estimate of drug-likeness (QED) is 0.648. The first-order valence-corrected chi connectivity index (χ1v) is 11.9. The highest BCUT2D eigenvalue weighted by Gasteiger charge is 2.39. The molecular formula is C26H31N5O. The van der Waals surface area contributed by atoms with Crippen molar-refractivity contribution in [1.29, 1.82) is 0 Å². The summed E-state index contributed by atoms with van der Waals surface area (Å²) in [6.07, 6.45) is 4.53. The number of benzene rings is 2. The smallest absolute Gasteiger partial charge is 0.127 e. The van der Waals surface area contributed by atoms with Crippen LogP contribution in [0.3, 0.4) is 0 Å². The van der Waals surface area contributed by atoms with Crippen LogP contribution in [0.1, 0.15) is 18.9 Å². The van der Waals surface area contributed by atoms with Crippen LogP contribution in [-0.2, 0) is 0 Å². The van der Waals surface area contributed by atoms with E-state index in [0.717, 1.165) is 34.8 Å². The van der Waals surface area contributed by atoms with Gasteiger partial charge in [0, 0.05) is 63.1 Å². The van der Waals surface area contributed by atoms with Crippen LogP contribution in [0.4, 0.5) is 0 Å². The maximum Gasteiger partial charge on any atom is 0.127 e. The third-order valence-electron chi connectivity index (χ3n) is 7.29. The largest absolute Gasteiger partial charge is 0.457 e. The molecule has 0 saturated carbocycles. The fourth-order valence-electron chi connectivity index (χ4n) is 5.08. The lowest BCUT2D eigenvalue weighted by Gasteiger charge is -2.52. The number of piperidine rings is 1. The lowest BCUT2D eigenvalue weighted by atomic mass is 9.97. The topological polar surface area (TPSA) is 45.6 Å². The molecule has 0 aliphatic carbocycles. The highest BCUT2D eigenvalue weighted by Crippen LogP contribution is 2.29. The summed E-state index contributed by atoms with van der Waals surface area (Å²) < 4.78 is 8.09. The van der Waals surface area contributed by atoms with E-state index in [1.807, 2.05) is 42.5 Å². The Labute approximate surface area is 189 Å². The van der Waals surface area contributed by atoms with E-state index in [0.29, 0.717) is 6.04 Å². The SMILES string of the molecule is c1ccc(Oc2ccc(-c3ccn(C4CCN(C5CN(C6CNC6)C5)CC4)n3)cc2)cc1. The summed E-state index contributed by atoms with van der Waals surface area (Å²) >= 11 is 0. The minimum Gasteiger partial charge on any atom is -0.457 e. The van der Waals surface area contributed by atoms with Gasteiger partial charge in [0.25, 0.3) is 0 Å². The Bertz CT molecular complexity index is 1020. The van der Waals surface area contributed by atoms with Crippen LogP contribution in [0.25, 0.3) is 11.3 Å². The van der Waals surface area contributed by atoms with E-state index in [-0.39, 0.29) is 0 Å². The highest BCUT2D eigenvalue weighted by molar-refractivity contribution is 5.59. The van der Waals surface area contributed by atoms with Crippen LogP contribution in [0.5, 0.6) is 11.5 Å². The average molecular weight is 430 g/mol. The number of para-hydroxylation sites is 1. The Morgan fingerprint density at radius 3 is 2.16 bits per heavy atom. The molecule has 6 nitrogen and oxygen atoms in total. The van der Waals surface area contributed by atoms with Gasteiger partial charge in [-0.3, -0.25) is 14.5 Å². The van der Waals surface area contributed by atoms with Gasteiger partial charge in [-0.05, 0) is 55.3 Å². The van der Waals surface area contributed by atoms with Crippen molar-refractivity contribution in [2.24, 2.45) is 0 Å². The van der Waals surface area contributed by atoms with Gasteiger partial charge in [0.15, 0.2) is 0 Å². The van der Waals surface area contributed by atoms with Gasteiger partial charge >= 0.3 is 0 Å². The number of hydrogen-bond donors (Lipinski definition) is 1. The lowest BCUT2D eigenvalue weighted by molar-refractivity contribution is -0.0219. The first kappa shape index (κ1) is 20.0. The second kappa shape index (κ2) is 8.70. The molecule has 3 fully saturated rings. The average Bonchev–Trinajstić information content (AvgIpc) is 3.26. The molecule has 4 heterocycles. The summed E-state index contributed by atoms with van der Waals surface area (Å²) in [5, 5.41) is 8.30. The van der Waals surface area contributed by atoms with Crippen LogP contribution in [0.15, 0.2) is 66.9 Å². The van der Waals surface area contributed by atoms with Crippen molar-refractivity contribution < 1.29 is 4.74 Å². The molecule has 6 heteroatoms. The van der Waals surface area contributed by atoms with E-state index in [2.05, 4.69) is 44.2 Å². The summed E-state index contributed by atoms with van der Waals surface area (Å²) in [5.41, 5.74) is 2.16. The van der Waals surface area contributed by atoms with E-state index in [9.17, 15) is 0 Å². The normalized spacial score (nSPS) is 21.2. The molecule has 0 unspecified atom stereocenters. The zero-order valence-corrected chi connectivity index (χ0v) is 18.4. The molecule has 3 aromatic rings. The van der Waals surface area contributed by atoms with Crippen molar-refractivity contribution >= 4 is 0 Å². The van der Waals surface area contributed by atoms with Crippen LogP contribution in [0.2, 0.25) is 0 Å². The molecule has 3 saturated heterocycles. The second-order valence-corrected chi connectivity index (χ2v) is 9.31. The number of likely N-dealkylation sites (tertiary alicyclic amines) is 2. The van der Waals surface area contributed by atoms with E-state index < -0.39 is 0 Å². The summed E-state index contributed by atoms with van der Waals surface area (Å²) in [7, 11) is 0. The number of aromatic nitrogens is 2. The first-order chi connectivity index (χ1) is 15.8. The van der Waals surface area contributed by atoms with E-state index in [1.54, 1.807) is 0 Å². The van der Waals surface area contributed by atoms with Gasteiger partial charge < -0.3 is 10.1 Å². The van der Waals surface area contributed by atoms with E-state index >= 15 is 0 Å². The Morgan fingerprint density at radius 2 is 1.47 bits per heavy atom. The molecule has 3 aliphatic heterocycles. The number of rotatable bonds is 6. The number of ether oxygens (including phenoxy) is 1. The van der Waals surface area contributed by atoms with Gasteiger partial charge in [0.2, 0.25) is 0 Å². The number of nitrogens with one attached hydrogen (secondary N) is 1. The van der Waals surface area contributed by atoms with E-state index in [1.165, 1.54) is 52.1 Å². The first-order valence-electron chi connectivity index (χ1n) is 11.9. The molecule has 0 atom stereocenters. The molecule has 166 valence electrons. The second-order valence-electron chi connectivity index (χ2n) is 9.31. The fourth-order valence-corrected chi connectivity index (χ4v) is 5.08. The molecule has 3 aliphatic rings. The van der Waals surface area contributed by atoms with Crippen LogP contribution >= 0.6 is 0 Å². The predicted molar refractivity (Wildman–Crippen MR) is 126 cm³/mol. The third-order valence-corrected chi connectivity index (χ3v) is 7.29. The maximum absolute atomic E-state index is 5.91. The summed E-state index contributed by atoms with van der Waals surface area (Å²) in [5.74, 6) is 1.69. The summed E-state index contributed by atoms with van der Waals surface area (Å²) in [4.78, 5) is 5.35. The molecule has 1 N–H and O–H groups in total. The van der Waals surface area contributed by atoms with Gasteiger partial charge in [-0.2, -0.15) is 5.10 Å². The van der Waals surface area contributed by atoms with Gasteiger partial charge in [-0.15, -0.1) is 0 Å². The molecule has 2 aromatic carbocycles. The van der Waals surface area contributed by atoms with Crippen molar-refractivity contribution in [2.45, 2.75) is 31.0 Å². The van der Waals surface area contributed by atoms with Gasteiger partial charge in [0.05, 0.1) is 11.7 Å². The Balaban J connectivity index is 1.03. The Kier molecular flexibility index (Phi) is 5.43. The zero-order chi connectivity index (χ0) is 21.3. The van der Waals surface area contributed by atoms with E-state index in [4.69, 9.17) is 9.84 Å². The van der Waals surface area contributed by atoms with Crippen molar-refractivity contribution in [3.05, 3.63) is 66.9 Å². The van der Waals surface area contributed by atoms with Crippen molar-refractivity contribution in [3.8, 4) is 22.8 Å². The molecule has 0 radical (unpaired) electrons. The summed E-state index contributed by atoms with van der Waals surface area (Å²) in [6.45, 7) is 7.25. The summed E-state index contributed by atoms with van der Waals surface area (Å²) in [6, 6.07) is 22.3. The maximum atomic E-state index is 5.91. The number of hydrogen-bond acceptors (Lipinski definition) is 5. The minimum atomic E-state index is 0.507. The Morgan fingerprint density at radius 1 is 0.750 bits per heavy atom. The van der Waals surface area contributed by atoms with Crippen molar-refractivity contribution in [1.82, 2.24) is 24.9 Å². The molecule has 32 heavy (non-hydrogen) atoms. The van der Waals surface area contributed by atoms with Crippen LogP contribution < -0.4 is 10.1 Å². The standard InChI is InChI=1S/C26H31N5O/c1-2-4-24(5-3-1)32-25-8-6-20(7-9-25)26-12-15-31(28-26)21-10-13-29(14-11-21)23-18-30(19-23)22-16-27-17-22/h1-9,12,15,21-23,27H,10-11,13-14,16-19H2. The third kappa shape index (κ3) is 4.06. The van der Waals surface area contributed by atoms with Gasteiger partial charge in [-0.25, -0.2) is 0 Å². The molecule has 6 rings (SSSR count). The molecule has 1 aromatic heterocycles. The van der Waals surface area contributed by atoms with Crippen molar-refractivity contribution in [2.75, 3.05) is 39.3 Å². The molecule has 0 spiro atoms. The molecule has 0 amide bonds. The molecular weight excluding hydrogens is 398 g/mol. The van der Waals surface area contributed by atoms with Gasteiger partial charge in [0.1, 0.15) is 11.5 Å². The monoisotopic (exact) mass is 429 g/mol. The Hall–Kier alpha value is -2.67. The predicted octanol–water partition coefficient (Wildman–Crippen LogP) is 3.64. The fraction of sp³-hybridized carbons (Fsp3) is 0.423. The minimum absolute atomic E-state index is 0.507.